The number of pyridine rings is 1. The van der Waals surface area contributed by atoms with Crippen LogP contribution in [0, 0.1) is 0 Å². The largest absolute Gasteiger partial charge is 0.398 e. The van der Waals surface area contributed by atoms with E-state index < -0.39 is 0 Å². The Hall–Kier alpha value is -1.58. The van der Waals surface area contributed by atoms with Crippen LogP contribution in [0.2, 0.25) is 0 Å². The second-order valence-electron chi connectivity index (χ2n) is 4.98. The molecule has 4 heteroatoms. The van der Waals surface area contributed by atoms with Crippen molar-refractivity contribution in [2.45, 2.75) is 51.0 Å². The van der Waals surface area contributed by atoms with E-state index in [1.165, 1.54) is 38.3 Å². The van der Waals surface area contributed by atoms with Gasteiger partial charge in [0, 0.05) is 24.1 Å². The van der Waals surface area contributed by atoms with E-state index in [0.717, 1.165) is 12.8 Å². The van der Waals surface area contributed by atoms with Crippen LogP contribution in [0.1, 0.15) is 55.3 Å². The molecule has 0 saturated heterocycles. The Bertz CT molecular complexity index is 398. The zero-order valence-electron chi connectivity index (χ0n) is 10.7. The second-order valence-corrected chi connectivity index (χ2v) is 4.98. The highest BCUT2D eigenvalue weighted by atomic mass is 16.1. The maximum atomic E-state index is 12.1. The lowest BCUT2D eigenvalue weighted by molar-refractivity contribution is 0.0931. The van der Waals surface area contributed by atoms with E-state index in [2.05, 4.69) is 10.3 Å². The van der Waals surface area contributed by atoms with Crippen LogP contribution in [0.3, 0.4) is 0 Å². The third-order valence-electron chi connectivity index (χ3n) is 3.54. The number of anilines is 1. The number of carbonyl (C=O) groups is 1. The van der Waals surface area contributed by atoms with Gasteiger partial charge < -0.3 is 11.1 Å². The monoisotopic (exact) mass is 247 g/mol. The highest BCUT2D eigenvalue weighted by Gasteiger charge is 2.16. The molecule has 1 aliphatic carbocycles. The van der Waals surface area contributed by atoms with Gasteiger partial charge in [-0.05, 0) is 18.9 Å². The van der Waals surface area contributed by atoms with Crippen molar-refractivity contribution in [2.75, 3.05) is 5.73 Å². The van der Waals surface area contributed by atoms with Crippen molar-refractivity contribution in [2.24, 2.45) is 0 Å². The van der Waals surface area contributed by atoms with Crippen molar-refractivity contribution in [1.82, 2.24) is 10.3 Å². The highest BCUT2D eigenvalue weighted by molar-refractivity contribution is 5.98. The van der Waals surface area contributed by atoms with Crippen molar-refractivity contribution in [3.63, 3.8) is 0 Å². The van der Waals surface area contributed by atoms with Crippen molar-refractivity contribution in [1.29, 1.82) is 0 Å². The van der Waals surface area contributed by atoms with Gasteiger partial charge in [0.25, 0.3) is 5.91 Å². The van der Waals surface area contributed by atoms with Gasteiger partial charge in [-0.2, -0.15) is 0 Å². The fraction of sp³-hybridized carbons (Fsp3) is 0.571. The summed E-state index contributed by atoms with van der Waals surface area (Å²) in [5.74, 6) is -0.0915. The van der Waals surface area contributed by atoms with Crippen LogP contribution in [0.15, 0.2) is 18.5 Å². The Morgan fingerprint density at radius 3 is 2.56 bits per heavy atom. The van der Waals surface area contributed by atoms with Crippen LogP contribution in [-0.4, -0.2) is 16.9 Å². The number of hydrogen-bond acceptors (Lipinski definition) is 3. The number of aromatic nitrogens is 1. The molecule has 1 aromatic heterocycles. The minimum atomic E-state index is -0.0915. The molecule has 1 heterocycles. The molecule has 1 saturated carbocycles. The summed E-state index contributed by atoms with van der Waals surface area (Å²) >= 11 is 0. The third-order valence-corrected chi connectivity index (χ3v) is 3.54. The van der Waals surface area contributed by atoms with Gasteiger partial charge in [0.05, 0.1) is 5.56 Å². The zero-order chi connectivity index (χ0) is 12.8. The average molecular weight is 247 g/mol. The van der Waals surface area contributed by atoms with Gasteiger partial charge in [0.1, 0.15) is 0 Å². The molecule has 0 spiro atoms. The van der Waals surface area contributed by atoms with Crippen LogP contribution in [0.4, 0.5) is 5.69 Å². The van der Waals surface area contributed by atoms with Crippen LogP contribution < -0.4 is 11.1 Å². The quantitative estimate of drug-likeness (QED) is 0.843. The number of nitrogens with one attached hydrogen (secondary N) is 1. The lowest BCUT2D eigenvalue weighted by Crippen LogP contribution is -2.35. The molecule has 1 aromatic rings. The molecule has 3 N–H and O–H groups in total. The first-order chi connectivity index (χ1) is 8.77. The number of amides is 1. The molecule has 0 aliphatic heterocycles. The summed E-state index contributed by atoms with van der Waals surface area (Å²) in [7, 11) is 0. The molecule has 0 radical (unpaired) electrons. The number of nitrogens with two attached hydrogens (primary N) is 1. The number of hydrogen-bond donors (Lipinski definition) is 2. The minimum Gasteiger partial charge on any atom is -0.398 e. The lowest BCUT2D eigenvalue weighted by atomic mass is 9.96. The summed E-state index contributed by atoms with van der Waals surface area (Å²) in [6.45, 7) is 0. The molecule has 2 rings (SSSR count). The smallest absolute Gasteiger partial charge is 0.255 e. The van der Waals surface area contributed by atoms with Crippen molar-refractivity contribution >= 4 is 11.6 Å². The summed E-state index contributed by atoms with van der Waals surface area (Å²) < 4.78 is 0. The van der Waals surface area contributed by atoms with Crippen molar-refractivity contribution < 1.29 is 4.79 Å². The maximum absolute atomic E-state index is 12.1. The minimum absolute atomic E-state index is 0.0915. The van der Waals surface area contributed by atoms with Crippen LogP contribution in [0.5, 0.6) is 0 Å². The Kier molecular flexibility index (Phi) is 4.56. The van der Waals surface area contributed by atoms with E-state index in [1.807, 2.05) is 0 Å². The Balaban J connectivity index is 1.95. The first-order valence-electron chi connectivity index (χ1n) is 6.78. The van der Waals surface area contributed by atoms with Gasteiger partial charge in [0.2, 0.25) is 0 Å². The lowest BCUT2D eigenvalue weighted by Gasteiger charge is -2.21. The Labute approximate surface area is 108 Å². The first-order valence-corrected chi connectivity index (χ1v) is 6.78. The molecule has 4 nitrogen and oxygen atoms in total. The molecule has 0 atom stereocenters. The second kappa shape index (κ2) is 6.38. The molecular formula is C14H21N3O. The Morgan fingerprint density at radius 2 is 1.89 bits per heavy atom. The van der Waals surface area contributed by atoms with E-state index in [4.69, 9.17) is 5.73 Å². The number of nitrogen functional groups attached to an aromatic ring is 1. The SMILES string of the molecule is Nc1ccncc1C(=O)NC1CCCCCCC1. The van der Waals surface area contributed by atoms with E-state index in [9.17, 15) is 4.79 Å². The van der Waals surface area contributed by atoms with Crippen LogP contribution in [0.25, 0.3) is 0 Å². The molecule has 98 valence electrons. The summed E-state index contributed by atoms with van der Waals surface area (Å²) in [4.78, 5) is 16.1. The molecular weight excluding hydrogens is 226 g/mol. The summed E-state index contributed by atoms with van der Waals surface area (Å²) in [6, 6.07) is 1.95. The average Bonchev–Trinajstić information content (AvgIpc) is 2.33. The van der Waals surface area contributed by atoms with Gasteiger partial charge >= 0.3 is 0 Å². The molecule has 0 unspecified atom stereocenters. The van der Waals surface area contributed by atoms with Gasteiger partial charge in [-0.15, -0.1) is 0 Å². The topological polar surface area (TPSA) is 68.0 Å². The first kappa shape index (κ1) is 12.9. The fourth-order valence-corrected chi connectivity index (χ4v) is 2.46. The number of nitrogens with zero attached hydrogens (tertiary/aromatic N) is 1. The van der Waals surface area contributed by atoms with Crippen molar-refractivity contribution in [3.05, 3.63) is 24.0 Å². The predicted octanol–water partition coefficient (Wildman–Crippen LogP) is 2.51. The van der Waals surface area contributed by atoms with E-state index in [0.29, 0.717) is 11.3 Å². The van der Waals surface area contributed by atoms with Gasteiger partial charge in [-0.3, -0.25) is 9.78 Å². The van der Waals surface area contributed by atoms with E-state index >= 15 is 0 Å². The third kappa shape index (κ3) is 3.45. The molecule has 1 aliphatic rings. The van der Waals surface area contributed by atoms with Crippen LogP contribution >= 0.6 is 0 Å². The highest BCUT2D eigenvalue weighted by Crippen LogP contribution is 2.18. The standard InChI is InChI=1S/C14H21N3O/c15-13-8-9-16-10-12(13)14(18)17-11-6-4-2-1-3-5-7-11/h8-11H,1-7H2,(H2,15,16)(H,17,18). The molecule has 18 heavy (non-hydrogen) atoms. The molecule has 0 bridgehead atoms. The van der Waals surface area contributed by atoms with Crippen molar-refractivity contribution in [3.8, 4) is 0 Å². The van der Waals surface area contributed by atoms with E-state index in [1.54, 1.807) is 12.3 Å². The number of rotatable bonds is 2. The fourth-order valence-electron chi connectivity index (χ4n) is 2.46. The van der Waals surface area contributed by atoms with Gasteiger partial charge in [0.15, 0.2) is 0 Å². The summed E-state index contributed by atoms with van der Waals surface area (Å²) in [5.41, 5.74) is 6.76. The van der Waals surface area contributed by atoms with Gasteiger partial charge in [-0.1, -0.05) is 32.1 Å². The summed E-state index contributed by atoms with van der Waals surface area (Å²) in [6.07, 6.45) is 11.6. The maximum Gasteiger partial charge on any atom is 0.255 e. The van der Waals surface area contributed by atoms with Gasteiger partial charge in [-0.25, -0.2) is 0 Å². The van der Waals surface area contributed by atoms with E-state index in [-0.39, 0.29) is 11.9 Å². The number of carbonyl (C=O) groups excluding carboxylic acids is 1. The normalized spacial score (nSPS) is 17.8. The summed E-state index contributed by atoms with van der Waals surface area (Å²) in [5, 5.41) is 3.08. The molecule has 1 amide bonds. The molecule has 1 fully saturated rings. The zero-order valence-corrected chi connectivity index (χ0v) is 10.7. The Morgan fingerprint density at radius 1 is 1.22 bits per heavy atom. The van der Waals surface area contributed by atoms with Crippen LogP contribution in [-0.2, 0) is 0 Å². The predicted molar refractivity (Wildman–Crippen MR) is 72.2 cm³/mol. The molecule has 0 aromatic carbocycles.